The van der Waals surface area contributed by atoms with Crippen LogP contribution in [0.3, 0.4) is 0 Å². The van der Waals surface area contributed by atoms with Gasteiger partial charge in [-0.25, -0.2) is 4.98 Å². The van der Waals surface area contributed by atoms with E-state index in [2.05, 4.69) is 52.9 Å². The summed E-state index contributed by atoms with van der Waals surface area (Å²) >= 11 is 1.68. The van der Waals surface area contributed by atoms with Gasteiger partial charge in [0.1, 0.15) is 0 Å². The molecule has 124 valence electrons. The molecule has 0 atom stereocenters. The number of thiazole rings is 1. The van der Waals surface area contributed by atoms with Crippen LogP contribution in [0.5, 0.6) is 0 Å². The molecule has 3 nitrogen and oxygen atoms in total. The molecule has 1 N–H and O–H groups in total. The topological polar surface area (TPSA) is 37.8 Å². The van der Waals surface area contributed by atoms with Gasteiger partial charge in [0, 0.05) is 23.0 Å². The van der Waals surface area contributed by atoms with Crippen molar-refractivity contribution in [1.82, 2.24) is 9.97 Å². The second-order valence-corrected chi connectivity index (χ2v) is 6.71. The number of nitrogens with zero attached hydrogens (tertiary/aromatic N) is 2. The van der Waals surface area contributed by atoms with Gasteiger partial charge in [-0.2, -0.15) is 0 Å². The van der Waals surface area contributed by atoms with Crippen LogP contribution in [0.15, 0.2) is 54.0 Å². The van der Waals surface area contributed by atoms with Crippen molar-refractivity contribution in [2.24, 2.45) is 0 Å². The molecule has 3 aromatic rings. The van der Waals surface area contributed by atoms with Crippen LogP contribution in [-0.2, 0) is 19.3 Å². The molecule has 3 rings (SSSR count). The van der Waals surface area contributed by atoms with Gasteiger partial charge in [-0.1, -0.05) is 37.6 Å². The van der Waals surface area contributed by atoms with Crippen molar-refractivity contribution in [2.75, 3.05) is 5.32 Å². The highest BCUT2D eigenvalue weighted by Crippen LogP contribution is 2.25. The summed E-state index contributed by atoms with van der Waals surface area (Å²) in [6.07, 6.45) is 7.23. The van der Waals surface area contributed by atoms with Crippen molar-refractivity contribution in [1.29, 1.82) is 0 Å². The molecule has 0 aliphatic heterocycles. The Balaban J connectivity index is 1.66. The minimum Gasteiger partial charge on any atom is -0.331 e. The Morgan fingerprint density at radius 2 is 1.83 bits per heavy atom. The zero-order valence-corrected chi connectivity index (χ0v) is 14.9. The second kappa shape index (κ2) is 8.60. The van der Waals surface area contributed by atoms with E-state index in [1.807, 2.05) is 18.3 Å². The second-order valence-electron chi connectivity index (χ2n) is 5.85. The molecule has 0 aliphatic rings. The molecule has 0 spiro atoms. The van der Waals surface area contributed by atoms with Crippen molar-refractivity contribution in [2.45, 2.75) is 39.0 Å². The highest BCUT2D eigenvalue weighted by molar-refractivity contribution is 7.13. The summed E-state index contributed by atoms with van der Waals surface area (Å²) in [5, 5.41) is 6.63. The Hall–Kier alpha value is -2.20. The number of pyridine rings is 1. The van der Waals surface area contributed by atoms with E-state index in [0.29, 0.717) is 0 Å². The molecule has 0 saturated heterocycles. The molecule has 0 aliphatic carbocycles. The lowest BCUT2D eigenvalue weighted by molar-refractivity contribution is 0.781. The molecule has 0 amide bonds. The Morgan fingerprint density at radius 1 is 0.958 bits per heavy atom. The third-order valence-corrected chi connectivity index (χ3v) is 4.78. The van der Waals surface area contributed by atoms with Crippen LogP contribution in [-0.4, -0.2) is 9.97 Å². The summed E-state index contributed by atoms with van der Waals surface area (Å²) in [4.78, 5) is 9.11. The molecule has 1 aromatic carbocycles. The molecule has 2 heterocycles. The van der Waals surface area contributed by atoms with E-state index < -0.39 is 0 Å². The Bertz CT molecular complexity index is 752. The van der Waals surface area contributed by atoms with Crippen molar-refractivity contribution < 1.29 is 0 Å². The number of nitrogens with one attached hydrogen (secondary N) is 1. The predicted molar refractivity (Wildman–Crippen MR) is 102 cm³/mol. The van der Waals surface area contributed by atoms with Gasteiger partial charge in [-0.05, 0) is 49.4 Å². The zero-order valence-electron chi connectivity index (χ0n) is 14.0. The summed E-state index contributed by atoms with van der Waals surface area (Å²) in [6, 6.07) is 14.5. The Kier molecular flexibility index (Phi) is 5.96. The first-order chi connectivity index (χ1) is 11.8. The van der Waals surface area contributed by atoms with Crippen LogP contribution in [0.2, 0.25) is 0 Å². The van der Waals surface area contributed by atoms with Crippen LogP contribution in [0, 0.1) is 0 Å². The van der Waals surface area contributed by atoms with Gasteiger partial charge in [0.05, 0.1) is 5.69 Å². The van der Waals surface area contributed by atoms with Crippen molar-refractivity contribution in [3.8, 4) is 0 Å². The number of hydrogen-bond acceptors (Lipinski definition) is 4. The number of aryl methyl sites for hydroxylation is 3. The minimum absolute atomic E-state index is 0.944. The van der Waals surface area contributed by atoms with E-state index in [4.69, 9.17) is 4.98 Å². The quantitative estimate of drug-likeness (QED) is 0.597. The van der Waals surface area contributed by atoms with Gasteiger partial charge < -0.3 is 5.32 Å². The fourth-order valence-electron chi connectivity index (χ4n) is 2.62. The third kappa shape index (κ3) is 4.65. The molecule has 4 heteroatoms. The van der Waals surface area contributed by atoms with Crippen LogP contribution < -0.4 is 5.32 Å². The first-order valence-corrected chi connectivity index (χ1v) is 9.42. The molecular weight excluding hydrogens is 314 g/mol. The average molecular weight is 337 g/mol. The maximum atomic E-state index is 4.70. The van der Waals surface area contributed by atoms with E-state index in [-0.39, 0.29) is 0 Å². The number of anilines is 2. The van der Waals surface area contributed by atoms with Crippen LogP contribution in [0.25, 0.3) is 0 Å². The van der Waals surface area contributed by atoms with Gasteiger partial charge in [0.2, 0.25) is 0 Å². The average Bonchev–Trinajstić information content (AvgIpc) is 3.07. The van der Waals surface area contributed by atoms with E-state index >= 15 is 0 Å². The molecule has 0 unspecified atom stereocenters. The molecule has 0 bridgehead atoms. The lowest BCUT2D eigenvalue weighted by Gasteiger charge is -2.10. The summed E-state index contributed by atoms with van der Waals surface area (Å²) in [5.41, 5.74) is 4.76. The molecule has 0 fully saturated rings. The zero-order chi connectivity index (χ0) is 16.6. The first-order valence-electron chi connectivity index (χ1n) is 8.54. The lowest BCUT2D eigenvalue weighted by Crippen LogP contribution is -1.99. The monoisotopic (exact) mass is 337 g/mol. The van der Waals surface area contributed by atoms with Gasteiger partial charge >= 0.3 is 0 Å². The number of aromatic nitrogens is 2. The molecule has 2 aromatic heterocycles. The number of para-hydroxylation sites is 1. The predicted octanol–water partition coefficient (Wildman–Crippen LogP) is 5.41. The molecule has 24 heavy (non-hydrogen) atoms. The number of rotatable bonds is 8. The third-order valence-electron chi connectivity index (χ3n) is 3.97. The van der Waals surface area contributed by atoms with Crippen molar-refractivity contribution in [3.05, 3.63) is 71.0 Å². The molecule has 0 saturated carbocycles. The Labute approximate surface area is 147 Å². The van der Waals surface area contributed by atoms with E-state index in [1.54, 1.807) is 11.3 Å². The highest BCUT2D eigenvalue weighted by atomic mass is 32.1. The van der Waals surface area contributed by atoms with Gasteiger partial charge in [-0.15, -0.1) is 11.3 Å². The summed E-state index contributed by atoms with van der Waals surface area (Å²) < 4.78 is 0. The maximum absolute atomic E-state index is 4.70. The van der Waals surface area contributed by atoms with E-state index in [0.717, 1.165) is 35.8 Å². The minimum atomic E-state index is 0.944. The number of unbranched alkanes of at least 4 members (excludes halogenated alkanes) is 1. The fraction of sp³-hybridized carbons (Fsp3) is 0.300. The van der Waals surface area contributed by atoms with Crippen molar-refractivity contribution in [3.63, 3.8) is 0 Å². The smallest absolute Gasteiger partial charge is 0.187 e. The number of benzene rings is 1. The number of hydrogen-bond donors (Lipinski definition) is 1. The van der Waals surface area contributed by atoms with Gasteiger partial charge in [0.15, 0.2) is 5.13 Å². The Morgan fingerprint density at radius 3 is 2.67 bits per heavy atom. The standard InChI is InChI=1S/C20H23N3S/c1-2-3-9-18-15-24-20(22-18)23-19-11-5-4-8-16(19)12-13-17-10-6-7-14-21-17/h4-8,10-11,14-15H,2-3,9,12-13H2,1H3,(H,22,23). The maximum Gasteiger partial charge on any atom is 0.187 e. The van der Waals surface area contributed by atoms with Crippen LogP contribution in [0.4, 0.5) is 10.8 Å². The molecule has 0 radical (unpaired) electrons. The van der Waals surface area contributed by atoms with E-state index in [9.17, 15) is 0 Å². The first kappa shape index (κ1) is 16.7. The summed E-state index contributed by atoms with van der Waals surface area (Å²) in [6.45, 7) is 2.21. The van der Waals surface area contributed by atoms with Crippen LogP contribution in [0.1, 0.15) is 36.7 Å². The lowest BCUT2D eigenvalue weighted by atomic mass is 10.1. The van der Waals surface area contributed by atoms with Gasteiger partial charge in [-0.3, -0.25) is 4.98 Å². The normalized spacial score (nSPS) is 10.7. The van der Waals surface area contributed by atoms with Crippen molar-refractivity contribution >= 4 is 22.2 Å². The highest BCUT2D eigenvalue weighted by Gasteiger charge is 2.06. The van der Waals surface area contributed by atoms with E-state index in [1.165, 1.54) is 24.1 Å². The molecular formula is C20H23N3S. The summed E-state index contributed by atoms with van der Waals surface area (Å²) in [7, 11) is 0. The summed E-state index contributed by atoms with van der Waals surface area (Å²) in [5.74, 6) is 0. The SMILES string of the molecule is CCCCc1csc(Nc2ccccc2CCc2ccccn2)n1. The fourth-order valence-corrected chi connectivity index (χ4v) is 3.38. The van der Waals surface area contributed by atoms with Crippen LogP contribution >= 0.6 is 11.3 Å². The van der Waals surface area contributed by atoms with Gasteiger partial charge in [0.25, 0.3) is 0 Å². The largest absolute Gasteiger partial charge is 0.331 e.